The average Bonchev–Trinajstić information content (AvgIpc) is 3.33. The van der Waals surface area contributed by atoms with Crippen LogP contribution in [0, 0.1) is 12.8 Å². The van der Waals surface area contributed by atoms with Gasteiger partial charge in [0, 0.05) is 37.5 Å². The van der Waals surface area contributed by atoms with E-state index in [4.69, 9.17) is 4.52 Å². The molecule has 1 fully saturated rings. The number of piperidine rings is 1. The molecule has 28 heavy (non-hydrogen) atoms. The van der Waals surface area contributed by atoms with Crippen molar-refractivity contribution in [1.82, 2.24) is 25.7 Å². The Kier molecular flexibility index (Phi) is 9.66. The number of halogens is 1. The molecule has 0 bridgehead atoms. The number of nitrogens with one attached hydrogen (secondary N) is 2. The van der Waals surface area contributed by atoms with E-state index in [0.29, 0.717) is 23.7 Å². The molecule has 2 N–H and O–H groups in total. The van der Waals surface area contributed by atoms with Crippen molar-refractivity contribution >= 4 is 41.3 Å². The van der Waals surface area contributed by atoms with Gasteiger partial charge in [-0.05, 0) is 57.1 Å². The van der Waals surface area contributed by atoms with Crippen LogP contribution in [0.2, 0.25) is 0 Å². The standard InChI is InChI=1S/C19H30N6OS.HI/c1-14-23-17(26-24-14)9-4-10-21-19(20-2)22-13-15-7-5-11-25(3)18(15)16-8-6-12-27-16;/h6,8,12,15,18H,4-5,7,9-11,13H2,1-3H3,(H2,20,21,22);1H. The Morgan fingerprint density at radius 2 is 2.29 bits per heavy atom. The number of rotatable bonds is 7. The fourth-order valence-electron chi connectivity index (χ4n) is 3.72. The van der Waals surface area contributed by atoms with E-state index in [0.717, 1.165) is 31.9 Å². The minimum absolute atomic E-state index is 0. The van der Waals surface area contributed by atoms with Crippen molar-refractivity contribution < 1.29 is 4.52 Å². The Hall–Kier alpha value is -1.20. The van der Waals surface area contributed by atoms with E-state index in [1.165, 1.54) is 24.3 Å². The molecule has 3 rings (SSSR count). The summed E-state index contributed by atoms with van der Waals surface area (Å²) in [5, 5.41) is 12.9. The zero-order valence-corrected chi connectivity index (χ0v) is 20.0. The fraction of sp³-hybridized carbons (Fsp3) is 0.632. The minimum Gasteiger partial charge on any atom is -0.356 e. The molecule has 2 aromatic rings. The average molecular weight is 518 g/mol. The summed E-state index contributed by atoms with van der Waals surface area (Å²) in [4.78, 5) is 12.5. The van der Waals surface area contributed by atoms with E-state index in [-0.39, 0.29) is 24.0 Å². The highest BCUT2D eigenvalue weighted by molar-refractivity contribution is 14.0. The van der Waals surface area contributed by atoms with E-state index in [1.807, 2.05) is 25.3 Å². The number of aliphatic imine (C=N–C) groups is 1. The molecular formula is C19H31IN6OS. The lowest BCUT2D eigenvalue weighted by atomic mass is 9.88. The van der Waals surface area contributed by atoms with Crippen molar-refractivity contribution in [2.75, 3.05) is 33.7 Å². The molecule has 1 aliphatic rings. The Bertz CT molecular complexity index is 720. The van der Waals surface area contributed by atoms with Crippen LogP contribution in [-0.4, -0.2) is 54.7 Å². The third kappa shape index (κ3) is 6.41. The van der Waals surface area contributed by atoms with Gasteiger partial charge in [0.25, 0.3) is 0 Å². The van der Waals surface area contributed by atoms with Crippen LogP contribution >= 0.6 is 35.3 Å². The fourth-order valence-corrected chi connectivity index (χ4v) is 4.70. The van der Waals surface area contributed by atoms with Crippen molar-refractivity contribution in [3.63, 3.8) is 0 Å². The lowest BCUT2D eigenvalue weighted by molar-refractivity contribution is 0.125. The Morgan fingerprint density at radius 1 is 1.43 bits per heavy atom. The first-order valence-corrected chi connectivity index (χ1v) is 10.5. The van der Waals surface area contributed by atoms with Crippen LogP contribution < -0.4 is 10.6 Å². The summed E-state index contributed by atoms with van der Waals surface area (Å²) in [6, 6.07) is 4.90. The van der Waals surface area contributed by atoms with Crippen molar-refractivity contribution in [1.29, 1.82) is 0 Å². The quantitative estimate of drug-likeness (QED) is 0.254. The molecule has 0 saturated carbocycles. The summed E-state index contributed by atoms with van der Waals surface area (Å²) < 4.78 is 5.14. The molecule has 1 aliphatic heterocycles. The van der Waals surface area contributed by atoms with Gasteiger partial charge in [0.1, 0.15) is 0 Å². The molecule has 2 unspecified atom stereocenters. The monoisotopic (exact) mass is 518 g/mol. The van der Waals surface area contributed by atoms with Gasteiger partial charge in [0.15, 0.2) is 11.8 Å². The number of hydrogen-bond donors (Lipinski definition) is 2. The molecule has 3 heterocycles. The van der Waals surface area contributed by atoms with Gasteiger partial charge in [-0.15, -0.1) is 35.3 Å². The van der Waals surface area contributed by atoms with E-state index < -0.39 is 0 Å². The van der Waals surface area contributed by atoms with Crippen LogP contribution in [0.25, 0.3) is 0 Å². The third-order valence-corrected chi connectivity index (χ3v) is 5.97. The summed E-state index contributed by atoms with van der Waals surface area (Å²) in [7, 11) is 4.06. The number of nitrogens with zero attached hydrogens (tertiary/aromatic N) is 4. The van der Waals surface area contributed by atoms with Gasteiger partial charge in [-0.1, -0.05) is 11.2 Å². The predicted molar refractivity (Wildman–Crippen MR) is 125 cm³/mol. The van der Waals surface area contributed by atoms with E-state index >= 15 is 0 Å². The molecule has 0 aliphatic carbocycles. The largest absolute Gasteiger partial charge is 0.356 e. The summed E-state index contributed by atoms with van der Waals surface area (Å²) in [5.41, 5.74) is 0. The zero-order valence-electron chi connectivity index (χ0n) is 16.9. The summed E-state index contributed by atoms with van der Waals surface area (Å²) in [6.45, 7) is 4.75. The highest BCUT2D eigenvalue weighted by Gasteiger charge is 2.31. The molecule has 9 heteroatoms. The second-order valence-corrected chi connectivity index (χ2v) is 8.04. The smallest absolute Gasteiger partial charge is 0.226 e. The summed E-state index contributed by atoms with van der Waals surface area (Å²) >= 11 is 1.86. The van der Waals surface area contributed by atoms with Crippen LogP contribution in [0.15, 0.2) is 27.0 Å². The number of aryl methyl sites for hydroxylation is 2. The SMILES string of the molecule is CN=C(NCCCc1nc(C)no1)NCC1CCCN(C)C1c1cccs1.I. The Labute approximate surface area is 188 Å². The number of aromatic nitrogens is 2. The van der Waals surface area contributed by atoms with Crippen LogP contribution in [-0.2, 0) is 6.42 Å². The highest BCUT2D eigenvalue weighted by atomic mass is 127. The summed E-state index contributed by atoms with van der Waals surface area (Å²) in [5.74, 6) is 2.83. The second kappa shape index (κ2) is 11.7. The maximum Gasteiger partial charge on any atom is 0.226 e. The van der Waals surface area contributed by atoms with Gasteiger partial charge in [-0.25, -0.2) is 0 Å². The molecule has 0 aromatic carbocycles. The van der Waals surface area contributed by atoms with Gasteiger partial charge < -0.3 is 15.2 Å². The van der Waals surface area contributed by atoms with Crippen molar-refractivity contribution in [2.24, 2.45) is 10.9 Å². The Balaban J connectivity index is 0.00000280. The first-order valence-electron chi connectivity index (χ1n) is 9.64. The second-order valence-electron chi connectivity index (χ2n) is 7.06. The van der Waals surface area contributed by atoms with Crippen LogP contribution in [0.4, 0.5) is 0 Å². The molecule has 7 nitrogen and oxygen atoms in total. The van der Waals surface area contributed by atoms with Crippen molar-refractivity contribution in [3.05, 3.63) is 34.1 Å². The molecule has 2 atom stereocenters. The van der Waals surface area contributed by atoms with Gasteiger partial charge in [0.2, 0.25) is 5.89 Å². The molecule has 156 valence electrons. The van der Waals surface area contributed by atoms with Crippen LogP contribution in [0.3, 0.4) is 0 Å². The minimum atomic E-state index is 0. The van der Waals surface area contributed by atoms with Crippen LogP contribution in [0.5, 0.6) is 0 Å². The normalized spacial score (nSPS) is 20.6. The zero-order chi connectivity index (χ0) is 19.1. The van der Waals surface area contributed by atoms with Crippen molar-refractivity contribution in [2.45, 2.75) is 38.6 Å². The number of thiophene rings is 1. The first kappa shape index (κ1) is 23.1. The van der Waals surface area contributed by atoms with Crippen molar-refractivity contribution in [3.8, 4) is 0 Å². The molecule has 2 aromatic heterocycles. The third-order valence-electron chi connectivity index (χ3n) is 5.03. The molecule has 0 spiro atoms. The number of likely N-dealkylation sites (tertiary alicyclic amines) is 1. The van der Waals surface area contributed by atoms with Gasteiger partial charge in [0.05, 0.1) is 0 Å². The number of hydrogen-bond acceptors (Lipinski definition) is 6. The lowest BCUT2D eigenvalue weighted by Crippen LogP contribution is -2.45. The molecular weight excluding hydrogens is 487 g/mol. The summed E-state index contributed by atoms with van der Waals surface area (Å²) in [6.07, 6.45) is 4.19. The first-order chi connectivity index (χ1) is 13.2. The predicted octanol–water partition coefficient (Wildman–Crippen LogP) is 3.24. The van der Waals surface area contributed by atoms with E-state index in [9.17, 15) is 0 Å². The highest BCUT2D eigenvalue weighted by Crippen LogP contribution is 2.36. The van der Waals surface area contributed by atoms with Gasteiger partial charge in [-0.3, -0.25) is 9.89 Å². The maximum atomic E-state index is 5.14. The Morgan fingerprint density at radius 3 is 2.96 bits per heavy atom. The maximum absolute atomic E-state index is 5.14. The molecule has 1 saturated heterocycles. The van der Waals surface area contributed by atoms with Crippen LogP contribution in [0.1, 0.15) is 41.9 Å². The van der Waals surface area contributed by atoms with E-state index in [2.05, 4.69) is 55.2 Å². The van der Waals surface area contributed by atoms with Gasteiger partial charge >= 0.3 is 0 Å². The van der Waals surface area contributed by atoms with E-state index in [1.54, 1.807) is 0 Å². The number of guanidine groups is 1. The topological polar surface area (TPSA) is 78.6 Å². The molecule has 0 radical (unpaired) electrons. The lowest BCUT2D eigenvalue weighted by Gasteiger charge is -2.39. The van der Waals surface area contributed by atoms with Gasteiger partial charge in [-0.2, -0.15) is 4.98 Å². The molecule has 0 amide bonds.